The zero-order chi connectivity index (χ0) is 13.4. The zero-order valence-electron chi connectivity index (χ0n) is 10.9. The largest absolute Gasteiger partial charge is 0.340 e. The molecular weight excluding hydrogens is 246 g/mol. The summed E-state index contributed by atoms with van der Waals surface area (Å²) in [5.74, 6) is 1.01. The van der Waals surface area contributed by atoms with Crippen molar-refractivity contribution in [2.45, 2.75) is 32.7 Å². The van der Waals surface area contributed by atoms with Crippen molar-refractivity contribution in [3.8, 4) is 0 Å². The molecule has 1 atom stereocenters. The van der Waals surface area contributed by atoms with Crippen LogP contribution in [0.25, 0.3) is 0 Å². The number of aromatic amines is 1. The molecule has 3 heterocycles. The van der Waals surface area contributed by atoms with Crippen molar-refractivity contribution < 1.29 is 9.32 Å². The molecule has 100 valence electrons. The van der Waals surface area contributed by atoms with E-state index in [9.17, 15) is 4.79 Å². The van der Waals surface area contributed by atoms with Crippen molar-refractivity contribution in [1.82, 2.24) is 25.2 Å². The van der Waals surface area contributed by atoms with Crippen molar-refractivity contribution in [1.29, 1.82) is 0 Å². The van der Waals surface area contributed by atoms with E-state index < -0.39 is 0 Å². The molecule has 1 aliphatic heterocycles. The molecule has 3 rings (SSSR count). The lowest BCUT2D eigenvalue weighted by molar-refractivity contribution is 0.0722. The first kappa shape index (κ1) is 11.9. The first-order valence-electron chi connectivity index (χ1n) is 6.28. The van der Waals surface area contributed by atoms with Gasteiger partial charge in [0.25, 0.3) is 5.91 Å². The van der Waals surface area contributed by atoms with Crippen molar-refractivity contribution in [2.24, 2.45) is 0 Å². The maximum atomic E-state index is 12.4. The Morgan fingerprint density at radius 3 is 3.00 bits per heavy atom. The first-order valence-corrected chi connectivity index (χ1v) is 6.28. The number of amides is 1. The lowest BCUT2D eigenvalue weighted by atomic mass is 10.2. The van der Waals surface area contributed by atoms with Gasteiger partial charge in [-0.05, 0) is 25.8 Å². The minimum Gasteiger partial charge on any atom is -0.340 e. The summed E-state index contributed by atoms with van der Waals surface area (Å²) in [6, 6.07) is 1.64. The molecule has 1 aliphatic rings. The van der Waals surface area contributed by atoms with E-state index in [0.717, 1.165) is 18.5 Å². The summed E-state index contributed by atoms with van der Waals surface area (Å²) in [6.45, 7) is 4.31. The van der Waals surface area contributed by atoms with E-state index in [-0.39, 0.29) is 11.9 Å². The summed E-state index contributed by atoms with van der Waals surface area (Å²) in [4.78, 5) is 18.4. The van der Waals surface area contributed by atoms with Gasteiger partial charge in [0, 0.05) is 19.2 Å². The van der Waals surface area contributed by atoms with Crippen LogP contribution in [0.4, 0.5) is 0 Å². The highest BCUT2D eigenvalue weighted by molar-refractivity contribution is 5.92. The van der Waals surface area contributed by atoms with Crippen LogP contribution in [0, 0.1) is 13.8 Å². The third-order valence-corrected chi connectivity index (χ3v) is 3.28. The highest BCUT2D eigenvalue weighted by Crippen LogP contribution is 2.31. The Balaban J connectivity index is 1.85. The lowest BCUT2D eigenvalue weighted by Crippen LogP contribution is -2.31. The molecule has 0 aromatic carbocycles. The van der Waals surface area contributed by atoms with Crippen molar-refractivity contribution in [3.05, 3.63) is 29.2 Å². The Labute approximate surface area is 110 Å². The number of aromatic nitrogens is 4. The molecule has 19 heavy (non-hydrogen) atoms. The zero-order valence-corrected chi connectivity index (χ0v) is 10.9. The highest BCUT2D eigenvalue weighted by Gasteiger charge is 2.34. The Morgan fingerprint density at radius 2 is 2.37 bits per heavy atom. The number of aryl methyl sites for hydroxylation is 2. The maximum absolute atomic E-state index is 12.4. The molecule has 1 unspecified atom stereocenters. The molecule has 1 saturated heterocycles. The summed E-state index contributed by atoms with van der Waals surface area (Å²) < 4.78 is 4.99. The van der Waals surface area contributed by atoms with E-state index >= 15 is 0 Å². The number of carbonyl (C=O) groups is 1. The predicted octanol–water partition coefficient (Wildman–Crippen LogP) is 1.39. The van der Waals surface area contributed by atoms with Crippen LogP contribution < -0.4 is 0 Å². The Hall–Kier alpha value is -2.18. The summed E-state index contributed by atoms with van der Waals surface area (Å²) in [5.41, 5.74) is 1.30. The van der Waals surface area contributed by atoms with Gasteiger partial charge in [0.15, 0.2) is 5.82 Å². The van der Waals surface area contributed by atoms with E-state index in [0.29, 0.717) is 24.0 Å². The Kier molecular flexibility index (Phi) is 2.81. The fraction of sp³-hybridized carbons (Fsp3) is 0.500. The van der Waals surface area contributed by atoms with Crippen molar-refractivity contribution >= 4 is 5.91 Å². The Morgan fingerprint density at radius 1 is 1.53 bits per heavy atom. The SMILES string of the molecule is Cc1cc(C(=O)N2CCCC2c2noc(C)n2)n[nH]1. The topological polar surface area (TPSA) is 87.9 Å². The van der Waals surface area contributed by atoms with E-state index in [2.05, 4.69) is 20.3 Å². The minimum absolute atomic E-state index is 0.0886. The minimum atomic E-state index is -0.109. The van der Waals surface area contributed by atoms with Crippen LogP contribution in [0.15, 0.2) is 10.6 Å². The number of likely N-dealkylation sites (tertiary alicyclic amines) is 1. The molecule has 0 aliphatic carbocycles. The van der Waals surface area contributed by atoms with Gasteiger partial charge in [0.1, 0.15) is 5.69 Å². The molecule has 1 amide bonds. The summed E-state index contributed by atoms with van der Waals surface area (Å²) in [6.07, 6.45) is 1.79. The number of nitrogens with one attached hydrogen (secondary N) is 1. The van der Waals surface area contributed by atoms with Crippen LogP contribution in [0.1, 0.15) is 46.8 Å². The van der Waals surface area contributed by atoms with Gasteiger partial charge in [-0.25, -0.2) is 0 Å². The molecular formula is C12H15N5O2. The average molecular weight is 261 g/mol. The number of rotatable bonds is 2. The predicted molar refractivity (Wildman–Crippen MR) is 65.4 cm³/mol. The fourth-order valence-electron chi connectivity index (χ4n) is 2.40. The standard InChI is InChI=1S/C12H15N5O2/c1-7-6-9(15-14-7)12(18)17-5-3-4-10(17)11-13-8(2)19-16-11/h6,10H,3-5H2,1-2H3,(H,14,15). The van der Waals surface area contributed by atoms with E-state index in [1.807, 2.05) is 6.92 Å². The molecule has 0 spiro atoms. The molecule has 7 nitrogen and oxygen atoms in total. The van der Waals surface area contributed by atoms with Gasteiger partial charge in [-0.2, -0.15) is 10.1 Å². The van der Waals surface area contributed by atoms with Gasteiger partial charge in [0.2, 0.25) is 5.89 Å². The Bertz CT molecular complexity index is 603. The van der Waals surface area contributed by atoms with E-state index in [1.165, 1.54) is 0 Å². The van der Waals surface area contributed by atoms with Crippen molar-refractivity contribution in [3.63, 3.8) is 0 Å². The molecule has 2 aromatic heterocycles. The van der Waals surface area contributed by atoms with Gasteiger partial charge in [0.05, 0.1) is 6.04 Å². The molecule has 1 N–H and O–H groups in total. The second-order valence-corrected chi connectivity index (χ2v) is 4.76. The first-order chi connectivity index (χ1) is 9.15. The van der Waals surface area contributed by atoms with E-state index in [1.54, 1.807) is 17.9 Å². The number of hydrogen-bond donors (Lipinski definition) is 1. The third kappa shape index (κ3) is 2.11. The average Bonchev–Trinajstić information content (AvgIpc) is 3.07. The summed E-state index contributed by atoms with van der Waals surface area (Å²) >= 11 is 0. The smallest absolute Gasteiger partial charge is 0.274 e. The second-order valence-electron chi connectivity index (χ2n) is 4.76. The van der Waals surface area contributed by atoms with Gasteiger partial charge >= 0.3 is 0 Å². The normalized spacial score (nSPS) is 19.1. The molecule has 0 saturated carbocycles. The van der Waals surface area contributed by atoms with Crippen LogP contribution in [0.2, 0.25) is 0 Å². The highest BCUT2D eigenvalue weighted by atomic mass is 16.5. The second kappa shape index (κ2) is 4.49. The van der Waals surface area contributed by atoms with Gasteiger partial charge in [-0.15, -0.1) is 0 Å². The maximum Gasteiger partial charge on any atom is 0.274 e. The van der Waals surface area contributed by atoms with Crippen LogP contribution >= 0.6 is 0 Å². The van der Waals surface area contributed by atoms with Crippen molar-refractivity contribution in [2.75, 3.05) is 6.54 Å². The van der Waals surface area contributed by atoms with Gasteiger partial charge < -0.3 is 9.42 Å². The summed E-state index contributed by atoms with van der Waals surface area (Å²) in [5, 5.41) is 10.7. The number of hydrogen-bond acceptors (Lipinski definition) is 5. The lowest BCUT2D eigenvalue weighted by Gasteiger charge is -2.20. The fourth-order valence-corrected chi connectivity index (χ4v) is 2.40. The molecule has 0 radical (unpaired) electrons. The van der Waals surface area contributed by atoms with Crippen LogP contribution in [-0.4, -0.2) is 37.7 Å². The third-order valence-electron chi connectivity index (χ3n) is 3.28. The molecule has 7 heteroatoms. The van der Waals surface area contributed by atoms with Crippen LogP contribution in [0.3, 0.4) is 0 Å². The monoisotopic (exact) mass is 261 g/mol. The van der Waals surface area contributed by atoms with E-state index in [4.69, 9.17) is 4.52 Å². The van der Waals surface area contributed by atoms with Crippen LogP contribution in [-0.2, 0) is 0 Å². The molecule has 0 bridgehead atoms. The van der Waals surface area contributed by atoms with Gasteiger partial charge in [-0.1, -0.05) is 5.16 Å². The molecule has 2 aromatic rings. The van der Waals surface area contributed by atoms with Crippen LogP contribution in [0.5, 0.6) is 0 Å². The quantitative estimate of drug-likeness (QED) is 0.882. The summed E-state index contributed by atoms with van der Waals surface area (Å²) in [7, 11) is 0. The number of H-pyrrole nitrogens is 1. The molecule has 1 fully saturated rings. The number of carbonyl (C=O) groups excluding carboxylic acids is 1. The number of nitrogens with zero attached hydrogens (tertiary/aromatic N) is 4. The van der Waals surface area contributed by atoms with Gasteiger partial charge in [-0.3, -0.25) is 9.89 Å².